The standard InChI is InChI=1S/C17H17NO6/c1-19-9-6-10(20-2)15(21-3)12-8-5-11-16(24-7-23-11)17(22-4)13(8)18-14(9)12/h5-6,18H,7H2,1-4H3. The molecule has 126 valence electrons. The van der Waals surface area contributed by atoms with E-state index >= 15 is 0 Å². The molecule has 24 heavy (non-hydrogen) atoms. The molecule has 0 saturated heterocycles. The van der Waals surface area contributed by atoms with Crippen LogP contribution in [0.4, 0.5) is 0 Å². The Balaban J connectivity index is 2.21. The van der Waals surface area contributed by atoms with Gasteiger partial charge in [0.1, 0.15) is 5.75 Å². The van der Waals surface area contributed by atoms with Crippen molar-refractivity contribution in [3.05, 3.63) is 12.1 Å². The molecule has 0 atom stereocenters. The molecule has 0 spiro atoms. The first-order valence-corrected chi connectivity index (χ1v) is 7.34. The molecular weight excluding hydrogens is 314 g/mol. The maximum Gasteiger partial charge on any atom is 0.231 e. The van der Waals surface area contributed by atoms with Gasteiger partial charge in [-0.2, -0.15) is 0 Å². The van der Waals surface area contributed by atoms with Gasteiger partial charge in [0.05, 0.1) is 44.9 Å². The van der Waals surface area contributed by atoms with Crippen LogP contribution >= 0.6 is 0 Å². The van der Waals surface area contributed by atoms with E-state index in [-0.39, 0.29) is 6.79 Å². The summed E-state index contributed by atoms with van der Waals surface area (Å²) in [7, 11) is 6.40. The SMILES string of the molecule is COc1cc(OC)c2[nH]c3c(OC)c4c(cc3c2c1OC)OCO4. The van der Waals surface area contributed by atoms with E-state index in [0.717, 1.165) is 21.8 Å². The average Bonchev–Trinajstić information content (AvgIpc) is 3.22. The number of aromatic nitrogens is 1. The first kappa shape index (κ1) is 14.6. The Morgan fingerprint density at radius 1 is 0.833 bits per heavy atom. The van der Waals surface area contributed by atoms with Crippen LogP contribution in [0.3, 0.4) is 0 Å². The Kier molecular flexibility index (Phi) is 3.23. The van der Waals surface area contributed by atoms with Crippen molar-refractivity contribution < 1.29 is 28.4 Å². The second-order valence-corrected chi connectivity index (χ2v) is 5.26. The van der Waals surface area contributed by atoms with E-state index in [1.165, 1.54) is 0 Å². The lowest BCUT2D eigenvalue weighted by atomic mass is 10.1. The zero-order valence-electron chi connectivity index (χ0n) is 13.8. The molecule has 0 unspecified atom stereocenters. The summed E-state index contributed by atoms with van der Waals surface area (Å²) in [5.41, 5.74) is 1.56. The Morgan fingerprint density at radius 2 is 1.58 bits per heavy atom. The summed E-state index contributed by atoms with van der Waals surface area (Å²) >= 11 is 0. The third-order valence-corrected chi connectivity index (χ3v) is 4.20. The number of rotatable bonds is 4. The van der Waals surface area contributed by atoms with Crippen LogP contribution in [0.5, 0.6) is 34.5 Å². The molecule has 1 aliphatic heterocycles. The third kappa shape index (κ3) is 1.78. The average molecular weight is 331 g/mol. The van der Waals surface area contributed by atoms with Gasteiger partial charge >= 0.3 is 0 Å². The van der Waals surface area contributed by atoms with Crippen LogP contribution in [-0.4, -0.2) is 40.2 Å². The molecule has 7 nitrogen and oxygen atoms in total. The zero-order valence-corrected chi connectivity index (χ0v) is 13.8. The van der Waals surface area contributed by atoms with E-state index in [9.17, 15) is 0 Å². The Bertz CT molecular complexity index is 946. The summed E-state index contributed by atoms with van der Waals surface area (Å²) in [6.07, 6.45) is 0. The molecule has 0 radical (unpaired) electrons. The maximum atomic E-state index is 5.59. The van der Waals surface area contributed by atoms with Gasteiger partial charge in [0.2, 0.25) is 12.5 Å². The van der Waals surface area contributed by atoms with Crippen LogP contribution < -0.4 is 28.4 Å². The Labute approximate surface area is 138 Å². The van der Waals surface area contributed by atoms with Gasteiger partial charge in [-0.3, -0.25) is 0 Å². The van der Waals surface area contributed by atoms with E-state index in [1.54, 1.807) is 34.5 Å². The fourth-order valence-corrected chi connectivity index (χ4v) is 3.17. The third-order valence-electron chi connectivity index (χ3n) is 4.20. The molecule has 0 fully saturated rings. The molecule has 1 aromatic heterocycles. The first-order chi connectivity index (χ1) is 11.7. The van der Waals surface area contributed by atoms with Crippen molar-refractivity contribution in [2.75, 3.05) is 35.2 Å². The minimum absolute atomic E-state index is 0.167. The van der Waals surface area contributed by atoms with Crippen molar-refractivity contribution in [1.29, 1.82) is 0 Å². The molecule has 0 bridgehead atoms. The van der Waals surface area contributed by atoms with Gasteiger partial charge in [-0.25, -0.2) is 0 Å². The van der Waals surface area contributed by atoms with E-state index < -0.39 is 0 Å². The van der Waals surface area contributed by atoms with Crippen LogP contribution in [-0.2, 0) is 0 Å². The van der Waals surface area contributed by atoms with Crippen molar-refractivity contribution in [2.45, 2.75) is 0 Å². The van der Waals surface area contributed by atoms with Crippen LogP contribution in [0, 0.1) is 0 Å². The fourth-order valence-electron chi connectivity index (χ4n) is 3.17. The molecule has 2 aromatic carbocycles. The summed E-state index contributed by atoms with van der Waals surface area (Å²) < 4.78 is 33.2. The predicted octanol–water partition coefficient (Wildman–Crippen LogP) is 3.08. The van der Waals surface area contributed by atoms with Crippen molar-refractivity contribution >= 4 is 21.8 Å². The molecule has 0 aliphatic carbocycles. The molecular formula is C17H17NO6. The Morgan fingerprint density at radius 3 is 2.25 bits per heavy atom. The van der Waals surface area contributed by atoms with E-state index in [1.807, 2.05) is 6.07 Å². The number of H-pyrrole nitrogens is 1. The summed E-state index contributed by atoms with van der Waals surface area (Å²) in [5.74, 6) is 3.63. The van der Waals surface area contributed by atoms with E-state index in [2.05, 4.69) is 4.98 Å². The van der Waals surface area contributed by atoms with E-state index in [4.69, 9.17) is 28.4 Å². The van der Waals surface area contributed by atoms with Crippen LogP contribution in [0.25, 0.3) is 21.8 Å². The molecule has 0 saturated carbocycles. The highest BCUT2D eigenvalue weighted by molar-refractivity contribution is 6.16. The van der Waals surface area contributed by atoms with Gasteiger partial charge in [-0.05, 0) is 6.07 Å². The highest BCUT2D eigenvalue weighted by atomic mass is 16.7. The lowest BCUT2D eigenvalue weighted by molar-refractivity contribution is 0.171. The Hall–Kier alpha value is -2.96. The van der Waals surface area contributed by atoms with Gasteiger partial charge in [-0.1, -0.05) is 0 Å². The molecule has 2 heterocycles. The van der Waals surface area contributed by atoms with Crippen molar-refractivity contribution in [1.82, 2.24) is 4.98 Å². The van der Waals surface area contributed by atoms with Crippen molar-refractivity contribution in [3.63, 3.8) is 0 Å². The molecule has 7 heteroatoms. The monoisotopic (exact) mass is 331 g/mol. The fraction of sp³-hybridized carbons (Fsp3) is 0.294. The quantitative estimate of drug-likeness (QED) is 0.792. The zero-order chi connectivity index (χ0) is 16.8. The van der Waals surface area contributed by atoms with Crippen LogP contribution in [0.2, 0.25) is 0 Å². The second-order valence-electron chi connectivity index (χ2n) is 5.26. The lowest BCUT2D eigenvalue weighted by Gasteiger charge is -2.12. The number of hydrogen-bond acceptors (Lipinski definition) is 6. The van der Waals surface area contributed by atoms with Gasteiger partial charge in [0, 0.05) is 11.5 Å². The number of benzene rings is 2. The maximum absolute atomic E-state index is 5.59. The van der Waals surface area contributed by atoms with Gasteiger partial charge in [0.25, 0.3) is 0 Å². The van der Waals surface area contributed by atoms with Gasteiger partial charge in [-0.15, -0.1) is 0 Å². The van der Waals surface area contributed by atoms with Crippen LogP contribution in [0.1, 0.15) is 0 Å². The summed E-state index contributed by atoms with van der Waals surface area (Å²) in [6.45, 7) is 0.167. The minimum atomic E-state index is 0.167. The first-order valence-electron chi connectivity index (χ1n) is 7.34. The number of ether oxygens (including phenoxy) is 6. The lowest BCUT2D eigenvalue weighted by Crippen LogP contribution is -1.94. The molecule has 1 aliphatic rings. The molecule has 1 N–H and O–H groups in total. The number of aromatic amines is 1. The number of methoxy groups -OCH3 is 4. The predicted molar refractivity (Wildman–Crippen MR) is 88.1 cm³/mol. The highest BCUT2D eigenvalue weighted by Gasteiger charge is 2.27. The molecule has 3 aromatic rings. The van der Waals surface area contributed by atoms with Crippen molar-refractivity contribution in [2.24, 2.45) is 0 Å². The molecule has 4 rings (SSSR count). The summed E-state index contributed by atoms with van der Waals surface area (Å²) in [4.78, 5) is 3.35. The number of nitrogens with one attached hydrogen (secondary N) is 1. The largest absolute Gasteiger partial charge is 0.494 e. The minimum Gasteiger partial charge on any atom is -0.494 e. The second kappa shape index (κ2) is 5.30. The van der Waals surface area contributed by atoms with Crippen molar-refractivity contribution in [3.8, 4) is 34.5 Å². The summed E-state index contributed by atoms with van der Waals surface area (Å²) in [6, 6.07) is 3.68. The normalized spacial score (nSPS) is 12.7. The number of hydrogen-bond donors (Lipinski definition) is 1. The van der Waals surface area contributed by atoms with Gasteiger partial charge in [0.15, 0.2) is 23.0 Å². The highest BCUT2D eigenvalue weighted by Crippen LogP contribution is 2.51. The smallest absolute Gasteiger partial charge is 0.231 e. The van der Waals surface area contributed by atoms with Crippen LogP contribution in [0.15, 0.2) is 12.1 Å². The van der Waals surface area contributed by atoms with Gasteiger partial charge < -0.3 is 33.4 Å². The van der Waals surface area contributed by atoms with E-state index in [0.29, 0.717) is 34.5 Å². The molecule has 0 amide bonds. The number of fused-ring (bicyclic) bond motifs is 4. The summed E-state index contributed by atoms with van der Waals surface area (Å²) in [5, 5.41) is 1.71. The topological polar surface area (TPSA) is 71.2 Å².